The average Bonchev–Trinajstić information content (AvgIpc) is 2.99. The first kappa shape index (κ1) is 12.7. The summed E-state index contributed by atoms with van der Waals surface area (Å²) in [7, 11) is 0. The second-order valence-corrected chi connectivity index (χ2v) is 5.01. The van der Waals surface area contributed by atoms with Gasteiger partial charge in [-0.05, 0) is 36.4 Å². The smallest absolute Gasteiger partial charge is 0.255 e. The van der Waals surface area contributed by atoms with E-state index in [1.54, 1.807) is 6.08 Å². The van der Waals surface area contributed by atoms with Crippen molar-refractivity contribution >= 4 is 22.9 Å². The number of pyridine rings is 1. The van der Waals surface area contributed by atoms with Crippen molar-refractivity contribution in [2.75, 3.05) is 13.1 Å². The highest BCUT2D eigenvalue weighted by Gasteiger charge is 2.15. The first-order valence-corrected chi connectivity index (χ1v) is 6.83. The molecule has 4 heteroatoms. The minimum Gasteiger partial charge on any atom is -0.339 e. The Hall–Kier alpha value is -2.36. The first-order chi connectivity index (χ1) is 9.74. The Kier molecular flexibility index (Phi) is 3.37. The molecule has 1 aliphatic heterocycles. The molecule has 0 unspecified atom stereocenters. The number of hydrogen-bond donors (Lipinski definition) is 1. The molecule has 0 atom stereocenters. The fourth-order valence-electron chi connectivity index (χ4n) is 2.49. The van der Waals surface area contributed by atoms with Crippen LogP contribution in [0.25, 0.3) is 17.0 Å². The van der Waals surface area contributed by atoms with E-state index in [-0.39, 0.29) is 11.5 Å². The average molecular weight is 268 g/mol. The topological polar surface area (TPSA) is 53.2 Å². The molecule has 0 radical (unpaired) electrons. The lowest BCUT2D eigenvalue weighted by atomic mass is 10.1. The predicted octanol–water partition coefficient (Wildman–Crippen LogP) is 2.16. The number of rotatable bonds is 2. The lowest BCUT2D eigenvalue weighted by Gasteiger charge is -2.11. The summed E-state index contributed by atoms with van der Waals surface area (Å²) in [4.78, 5) is 28.5. The second kappa shape index (κ2) is 5.33. The van der Waals surface area contributed by atoms with Gasteiger partial charge in [0.1, 0.15) is 0 Å². The molecule has 4 nitrogen and oxygen atoms in total. The normalized spacial score (nSPS) is 15.3. The Morgan fingerprint density at radius 3 is 2.75 bits per heavy atom. The van der Waals surface area contributed by atoms with E-state index in [9.17, 15) is 9.59 Å². The zero-order chi connectivity index (χ0) is 13.9. The number of aromatic nitrogens is 1. The van der Waals surface area contributed by atoms with E-state index in [4.69, 9.17) is 0 Å². The van der Waals surface area contributed by atoms with E-state index in [0.717, 1.165) is 36.8 Å². The molecule has 102 valence electrons. The van der Waals surface area contributed by atoms with Crippen LogP contribution >= 0.6 is 0 Å². The number of carbonyl (C=O) groups is 1. The van der Waals surface area contributed by atoms with E-state index in [1.807, 2.05) is 35.2 Å². The van der Waals surface area contributed by atoms with Crippen molar-refractivity contribution < 1.29 is 4.79 Å². The SMILES string of the molecule is O=C(/C=C/c1cc2ccccc2[nH]c1=O)N1CCCC1. The molecule has 20 heavy (non-hydrogen) atoms. The molecule has 3 rings (SSSR count). The van der Waals surface area contributed by atoms with Gasteiger partial charge in [-0.3, -0.25) is 9.59 Å². The third kappa shape index (κ3) is 2.50. The van der Waals surface area contributed by atoms with Gasteiger partial charge in [0.05, 0.1) is 0 Å². The van der Waals surface area contributed by atoms with Crippen LogP contribution in [0.1, 0.15) is 18.4 Å². The lowest BCUT2D eigenvalue weighted by molar-refractivity contribution is -0.124. The number of amides is 1. The first-order valence-electron chi connectivity index (χ1n) is 6.83. The molecule has 0 aliphatic carbocycles. The number of para-hydroxylation sites is 1. The predicted molar refractivity (Wildman–Crippen MR) is 79.4 cm³/mol. The van der Waals surface area contributed by atoms with Gasteiger partial charge < -0.3 is 9.88 Å². The van der Waals surface area contributed by atoms with Crippen LogP contribution in [0.2, 0.25) is 0 Å². The minimum absolute atomic E-state index is 0.0185. The summed E-state index contributed by atoms with van der Waals surface area (Å²) in [6.45, 7) is 1.63. The highest BCUT2D eigenvalue weighted by molar-refractivity contribution is 5.92. The molecule has 0 saturated carbocycles. The van der Waals surface area contributed by atoms with Crippen molar-refractivity contribution in [1.82, 2.24) is 9.88 Å². The number of nitrogens with zero attached hydrogens (tertiary/aromatic N) is 1. The third-order valence-electron chi connectivity index (χ3n) is 3.61. The molecule has 1 amide bonds. The molecule has 1 aromatic heterocycles. The largest absolute Gasteiger partial charge is 0.339 e. The monoisotopic (exact) mass is 268 g/mol. The Labute approximate surface area is 116 Å². The van der Waals surface area contributed by atoms with Crippen molar-refractivity contribution in [2.45, 2.75) is 12.8 Å². The maximum absolute atomic E-state index is 11.9. The zero-order valence-corrected chi connectivity index (χ0v) is 11.1. The summed E-state index contributed by atoms with van der Waals surface area (Å²) in [5, 5.41) is 0.959. The van der Waals surface area contributed by atoms with Crippen LogP contribution in [0.15, 0.2) is 41.2 Å². The summed E-state index contributed by atoms with van der Waals surface area (Å²) >= 11 is 0. The molecule has 1 saturated heterocycles. The Morgan fingerprint density at radius 2 is 1.95 bits per heavy atom. The van der Waals surface area contributed by atoms with Gasteiger partial charge in [-0.2, -0.15) is 0 Å². The fraction of sp³-hybridized carbons (Fsp3) is 0.250. The Morgan fingerprint density at radius 1 is 1.20 bits per heavy atom. The number of aromatic amines is 1. The van der Waals surface area contributed by atoms with Crippen molar-refractivity contribution in [1.29, 1.82) is 0 Å². The minimum atomic E-state index is -0.172. The number of fused-ring (bicyclic) bond motifs is 1. The maximum atomic E-state index is 11.9. The molecule has 1 aromatic carbocycles. The number of hydrogen-bond acceptors (Lipinski definition) is 2. The van der Waals surface area contributed by atoms with E-state index < -0.39 is 0 Å². The molecule has 0 spiro atoms. The van der Waals surface area contributed by atoms with Crippen molar-refractivity contribution in [3.8, 4) is 0 Å². The van der Waals surface area contributed by atoms with Crippen LogP contribution in [-0.2, 0) is 4.79 Å². The summed E-state index contributed by atoms with van der Waals surface area (Å²) < 4.78 is 0. The highest BCUT2D eigenvalue weighted by Crippen LogP contribution is 2.12. The van der Waals surface area contributed by atoms with Crippen molar-refractivity contribution in [3.63, 3.8) is 0 Å². The zero-order valence-electron chi connectivity index (χ0n) is 11.1. The number of nitrogens with one attached hydrogen (secondary N) is 1. The van der Waals surface area contributed by atoms with Crippen LogP contribution < -0.4 is 5.56 Å². The summed E-state index contributed by atoms with van der Waals surface area (Å²) in [6, 6.07) is 9.40. The van der Waals surface area contributed by atoms with Crippen molar-refractivity contribution in [3.05, 3.63) is 52.3 Å². The second-order valence-electron chi connectivity index (χ2n) is 5.01. The fourth-order valence-corrected chi connectivity index (χ4v) is 2.49. The quantitative estimate of drug-likeness (QED) is 0.849. The Bertz CT molecular complexity index is 725. The van der Waals surface area contributed by atoms with E-state index in [0.29, 0.717) is 5.56 Å². The summed E-state index contributed by atoms with van der Waals surface area (Å²) in [5.74, 6) is -0.0185. The third-order valence-corrected chi connectivity index (χ3v) is 3.61. The molecule has 1 fully saturated rings. The van der Waals surface area contributed by atoms with E-state index in [2.05, 4.69) is 4.98 Å². The molecule has 0 bridgehead atoms. The summed E-state index contributed by atoms with van der Waals surface area (Å²) in [5.41, 5.74) is 1.14. The van der Waals surface area contributed by atoms with Gasteiger partial charge in [0, 0.05) is 30.2 Å². The van der Waals surface area contributed by atoms with Crippen molar-refractivity contribution in [2.24, 2.45) is 0 Å². The van der Waals surface area contributed by atoms with Gasteiger partial charge >= 0.3 is 0 Å². The number of H-pyrrole nitrogens is 1. The van der Waals surface area contributed by atoms with Gasteiger partial charge in [0.25, 0.3) is 5.56 Å². The van der Waals surface area contributed by atoms with Crippen LogP contribution in [0.3, 0.4) is 0 Å². The number of likely N-dealkylation sites (tertiary alicyclic amines) is 1. The van der Waals surface area contributed by atoms with Gasteiger partial charge in [-0.25, -0.2) is 0 Å². The molecular formula is C16H16N2O2. The van der Waals surface area contributed by atoms with E-state index in [1.165, 1.54) is 6.08 Å². The maximum Gasteiger partial charge on any atom is 0.255 e. The molecule has 1 N–H and O–H groups in total. The van der Waals surface area contributed by atoms with Crippen LogP contribution in [0.5, 0.6) is 0 Å². The van der Waals surface area contributed by atoms with Gasteiger partial charge in [-0.15, -0.1) is 0 Å². The highest BCUT2D eigenvalue weighted by atomic mass is 16.2. The molecule has 2 heterocycles. The van der Waals surface area contributed by atoms with E-state index >= 15 is 0 Å². The summed E-state index contributed by atoms with van der Waals surface area (Å²) in [6.07, 6.45) is 5.23. The number of carbonyl (C=O) groups excluding carboxylic acids is 1. The molecular weight excluding hydrogens is 252 g/mol. The Balaban J connectivity index is 1.88. The van der Waals surface area contributed by atoms with Gasteiger partial charge in [0.2, 0.25) is 5.91 Å². The van der Waals surface area contributed by atoms with Gasteiger partial charge in [0.15, 0.2) is 0 Å². The lowest BCUT2D eigenvalue weighted by Crippen LogP contribution is -2.25. The van der Waals surface area contributed by atoms with Gasteiger partial charge in [-0.1, -0.05) is 18.2 Å². The standard InChI is InChI=1S/C16H16N2O2/c19-15(18-9-3-4-10-18)8-7-13-11-12-5-1-2-6-14(12)17-16(13)20/h1-2,5-8,11H,3-4,9-10H2,(H,17,20)/b8-7+. The number of benzene rings is 1. The van der Waals surface area contributed by atoms with Crippen LogP contribution in [-0.4, -0.2) is 28.9 Å². The van der Waals surface area contributed by atoms with Crippen LogP contribution in [0.4, 0.5) is 0 Å². The molecule has 2 aromatic rings. The van der Waals surface area contributed by atoms with Crippen LogP contribution in [0, 0.1) is 0 Å². The molecule has 1 aliphatic rings.